The number of H-pyrrole nitrogens is 1. The van der Waals surface area contributed by atoms with Crippen LogP contribution in [0.1, 0.15) is 29.0 Å². The van der Waals surface area contributed by atoms with Crippen molar-refractivity contribution in [2.45, 2.75) is 37.8 Å². The maximum atomic E-state index is 15.1. The molecule has 2 heterocycles. The van der Waals surface area contributed by atoms with E-state index in [1.165, 1.54) is 28.6 Å². The number of likely N-dealkylation sites (tertiary alicyclic amines) is 1. The van der Waals surface area contributed by atoms with Crippen molar-refractivity contribution in [1.29, 1.82) is 0 Å². The number of aromatic amines is 1. The fraction of sp³-hybridized carbons (Fsp3) is 0.286. The van der Waals surface area contributed by atoms with Gasteiger partial charge in [0.1, 0.15) is 5.82 Å². The topological polar surface area (TPSA) is 22.3 Å². The second-order valence-corrected chi connectivity index (χ2v) is 9.12. The molecule has 170 valence electrons. The second kappa shape index (κ2) is 9.46. The molecule has 0 amide bonds. The highest BCUT2D eigenvalue weighted by Crippen LogP contribution is 2.36. The monoisotopic (exact) mass is 445 g/mol. The van der Waals surface area contributed by atoms with E-state index in [0.29, 0.717) is 26.1 Å². The van der Waals surface area contributed by atoms with Gasteiger partial charge in [-0.2, -0.15) is 0 Å². The van der Waals surface area contributed by atoms with E-state index in [9.17, 15) is 4.39 Å². The number of hydrogen-bond acceptors (Lipinski definition) is 2. The summed E-state index contributed by atoms with van der Waals surface area (Å²) in [6.07, 6.45) is 1.39. The number of nitrogens with one attached hydrogen (secondary N) is 1. The van der Waals surface area contributed by atoms with Gasteiger partial charge in [0.2, 0.25) is 0 Å². The van der Waals surface area contributed by atoms with Gasteiger partial charge in [-0.1, -0.05) is 48.5 Å². The summed E-state index contributed by atoms with van der Waals surface area (Å²) < 4.78 is 28.6. The zero-order valence-corrected chi connectivity index (χ0v) is 18.8. The molecule has 4 aromatic rings. The van der Waals surface area contributed by atoms with E-state index in [-0.39, 0.29) is 17.8 Å². The van der Waals surface area contributed by atoms with E-state index in [0.717, 1.165) is 11.1 Å². The van der Waals surface area contributed by atoms with Gasteiger partial charge < -0.3 is 4.98 Å². The normalized spacial score (nSPS) is 21.6. The summed E-state index contributed by atoms with van der Waals surface area (Å²) in [6.45, 7) is 2.00. The molecule has 3 unspecified atom stereocenters. The first-order chi connectivity index (χ1) is 16.1. The number of rotatable bonds is 6. The number of halogens is 2. The van der Waals surface area contributed by atoms with Crippen LogP contribution in [-0.4, -0.2) is 40.7 Å². The van der Waals surface area contributed by atoms with Gasteiger partial charge >= 0.3 is 0 Å². The lowest BCUT2D eigenvalue weighted by Gasteiger charge is -2.45. The third kappa shape index (κ3) is 4.85. The number of aromatic nitrogens is 1. The first-order valence-electron chi connectivity index (χ1n) is 11.5. The summed E-state index contributed by atoms with van der Waals surface area (Å²) in [6, 6.07) is 25.6. The van der Waals surface area contributed by atoms with Crippen molar-refractivity contribution in [3.8, 4) is 0 Å². The average Bonchev–Trinajstić information content (AvgIpc) is 3.30. The largest absolute Gasteiger partial charge is 0.361 e. The van der Waals surface area contributed by atoms with Crippen LogP contribution in [0.25, 0.3) is 10.9 Å². The Hall–Kier alpha value is -3.02. The lowest BCUT2D eigenvalue weighted by atomic mass is 9.83. The Balaban J connectivity index is 1.51. The minimum Gasteiger partial charge on any atom is -0.361 e. The molecule has 1 aliphatic rings. The molecular formula is C28H29F2N3. The van der Waals surface area contributed by atoms with Crippen molar-refractivity contribution in [2.75, 3.05) is 13.6 Å². The van der Waals surface area contributed by atoms with Gasteiger partial charge in [0.25, 0.3) is 0 Å². The van der Waals surface area contributed by atoms with Crippen molar-refractivity contribution in [3.05, 3.63) is 108 Å². The van der Waals surface area contributed by atoms with Crippen molar-refractivity contribution in [3.63, 3.8) is 0 Å². The molecule has 1 fully saturated rings. The van der Waals surface area contributed by atoms with Crippen LogP contribution in [0.2, 0.25) is 0 Å². The molecule has 3 nitrogen and oxygen atoms in total. The van der Waals surface area contributed by atoms with E-state index in [1.54, 1.807) is 0 Å². The third-order valence-electron chi connectivity index (χ3n) is 6.87. The number of benzene rings is 3. The molecule has 1 aliphatic heterocycles. The molecule has 0 aliphatic carbocycles. The minimum absolute atomic E-state index is 0.0119. The molecule has 33 heavy (non-hydrogen) atoms. The zero-order valence-electron chi connectivity index (χ0n) is 18.8. The Kier molecular flexibility index (Phi) is 6.25. The van der Waals surface area contributed by atoms with E-state index >= 15 is 4.39 Å². The van der Waals surface area contributed by atoms with Gasteiger partial charge in [-0.25, -0.2) is 8.78 Å². The highest BCUT2D eigenvalue weighted by Gasteiger charge is 2.38. The third-order valence-corrected chi connectivity index (χ3v) is 6.87. The summed E-state index contributed by atoms with van der Waals surface area (Å²) >= 11 is 0. The maximum Gasteiger partial charge on any atom is 0.154 e. The summed E-state index contributed by atoms with van der Waals surface area (Å²) in [5.41, 5.74) is 4.55. The first kappa shape index (κ1) is 21.8. The van der Waals surface area contributed by atoms with Crippen LogP contribution < -0.4 is 0 Å². The summed E-state index contributed by atoms with van der Waals surface area (Å²) in [7, 11) is 1.87. The Morgan fingerprint density at radius 2 is 1.67 bits per heavy atom. The SMILES string of the molecule is CN1CC(c2ccc3[nH]ccc3c2)C(N(Cc2ccccc2)Cc2ccc(F)cc2)CC1F. The number of alkyl halides is 1. The van der Waals surface area contributed by atoms with Crippen molar-refractivity contribution >= 4 is 10.9 Å². The van der Waals surface area contributed by atoms with Gasteiger partial charge in [0.05, 0.1) is 0 Å². The quantitative estimate of drug-likeness (QED) is 0.363. The number of hydrogen-bond donors (Lipinski definition) is 1. The maximum absolute atomic E-state index is 15.1. The van der Waals surface area contributed by atoms with Crippen LogP contribution >= 0.6 is 0 Å². The Morgan fingerprint density at radius 1 is 0.939 bits per heavy atom. The Morgan fingerprint density at radius 3 is 2.42 bits per heavy atom. The van der Waals surface area contributed by atoms with Crippen LogP contribution in [-0.2, 0) is 13.1 Å². The summed E-state index contributed by atoms with van der Waals surface area (Å²) in [4.78, 5) is 7.45. The number of piperidine rings is 1. The number of nitrogens with zero attached hydrogens (tertiary/aromatic N) is 2. The van der Waals surface area contributed by atoms with Gasteiger partial charge in [-0.15, -0.1) is 0 Å². The zero-order chi connectivity index (χ0) is 22.8. The lowest BCUT2D eigenvalue weighted by molar-refractivity contribution is -0.00383. The van der Waals surface area contributed by atoms with Crippen LogP contribution in [0.5, 0.6) is 0 Å². The highest BCUT2D eigenvalue weighted by molar-refractivity contribution is 5.80. The predicted molar refractivity (Wildman–Crippen MR) is 129 cm³/mol. The first-order valence-corrected chi connectivity index (χ1v) is 11.5. The highest BCUT2D eigenvalue weighted by atomic mass is 19.1. The molecular weight excluding hydrogens is 416 g/mol. The standard InChI is InChI=1S/C28H29F2N3/c1-32-19-25(22-9-12-26-23(15-22)13-14-31-26)27(16-28(32)30)33(17-20-5-3-2-4-6-20)18-21-7-10-24(29)11-8-21/h2-15,25,27-28,31H,16-19H2,1H3. The second-order valence-electron chi connectivity index (χ2n) is 9.12. The molecule has 5 rings (SSSR count). The van der Waals surface area contributed by atoms with Crippen molar-refractivity contribution < 1.29 is 8.78 Å². The summed E-state index contributed by atoms with van der Waals surface area (Å²) in [5, 5.41) is 1.17. The summed E-state index contributed by atoms with van der Waals surface area (Å²) in [5.74, 6) is -0.0837. The number of likely N-dealkylation sites (N-methyl/N-ethyl adjacent to an activating group) is 1. The fourth-order valence-corrected chi connectivity index (χ4v) is 5.06. The smallest absolute Gasteiger partial charge is 0.154 e. The molecule has 1 N–H and O–H groups in total. The van der Waals surface area contributed by atoms with Crippen molar-refractivity contribution in [1.82, 2.24) is 14.8 Å². The lowest BCUT2D eigenvalue weighted by Crippen LogP contribution is -2.51. The molecule has 0 spiro atoms. The van der Waals surface area contributed by atoms with Gasteiger partial charge in [-0.3, -0.25) is 9.80 Å². The van der Waals surface area contributed by atoms with Gasteiger partial charge in [0.15, 0.2) is 6.30 Å². The molecule has 0 saturated carbocycles. The Bertz CT molecular complexity index is 1190. The average molecular weight is 446 g/mol. The molecule has 1 saturated heterocycles. The van der Waals surface area contributed by atoms with Crippen LogP contribution in [0.4, 0.5) is 8.78 Å². The molecule has 1 aromatic heterocycles. The molecule has 5 heteroatoms. The fourth-order valence-electron chi connectivity index (χ4n) is 5.06. The van der Waals surface area contributed by atoms with Crippen LogP contribution in [0.15, 0.2) is 85.1 Å². The van der Waals surface area contributed by atoms with Crippen molar-refractivity contribution in [2.24, 2.45) is 0 Å². The van der Waals surface area contributed by atoms with Gasteiger partial charge in [0, 0.05) is 49.7 Å². The molecule has 3 aromatic carbocycles. The van der Waals surface area contributed by atoms with E-state index in [1.807, 2.05) is 48.5 Å². The van der Waals surface area contributed by atoms with E-state index < -0.39 is 6.30 Å². The molecule has 3 atom stereocenters. The Labute approximate surface area is 193 Å². The minimum atomic E-state index is -0.992. The molecule has 0 radical (unpaired) electrons. The van der Waals surface area contributed by atoms with Gasteiger partial charge in [-0.05, 0) is 59.5 Å². The molecule has 0 bridgehead atoms. The number of fused-ring (bicyclic) bond motifs is 1. The van der Waals surface area contributed by atoms with E-state index in [2.05, 4.69) is 46.3 Å². The predicted octanol–water partition coefficient (Wildman–Crippen LogP) is 6.09. The van der Waals surface area contributed by atoms with E-state index in [4.69, 9.17) is 0 Å². The van der Waals surface area contributed by atoms with Crippen LogP contribution in [0.3, 0.4) is 0 Å². The van der Waals surface area contributed by atoms with Crippen LogP contribution in [0, 0.1) is 5.82 Å².